The van der Waals surface area contributed by atoms with Gasteiger partial charge in [0, 0.05) is 19.7 Å². The minimum atomic E-state index is 0.665. The van der Waals surface area contributed by atoms with Gasteiger partial charge in [-0.3, -0.25) is 0 Å². The average Bonchev–Trinajstić information content (AvgIpc) is 2.25. The molecule has 1 unspecified atom stereocenters. The Morgan fingerprint density at radius 1 is 1.33 bits per heavy atom. The summed E-state index contributed by atoms with van der Waals surface area (Å²) >= 11 is 0. The van der Waals surface area contributed by atoms with Gasteiger partial charge in [-0.15, -0.1) is 0 Å². The molecule has 1 aromatic rings. The van der Waals surface area contributed by atoms with Gasteiger partial charge in [-0.25, -0.2) is 9.97 Å². The molecule has 1 rings (SSSR count). The number of nitrogens with one attached hydrogen (secondary N) is 2. The Morgan fingerprint density at radius 3 is 2.60 bits per heavy atom. The Balaban J connectivity index is 2.64. The van der Waals surface area contributed by atoms with Crippen LogP contribution < -0.4 is 10.6 Å². The van der Waals surface area contributed by atoms with Gasteiger partial charge in [-0.05, 0) is 12.8 Å². The Labute approximate surface area is 91.5 Å². The molecule has 0 spiro atoms. The van der Waals surface area contributed by atoms with Gasteiger partial charge in [0.25, 0.3) is 0 Å². The number of hydrogen-bond donors (Lipinski definition) is 2. The lowest BCUT2D eigenvalue weighted by Crippen LogP contribution is -2.12. The van der Waals surface area contributed by atoms with Gasteiger partial charge in [0.05, 0.1) is 0 Å². The third-order valence-electron chi connectivity index (χ3n) is 2.42. The highest BCUT2D eigenvalue weighted by molar-refractivity contribution is 5.47. The smallest absolute Gasteiger partial charge is 0.131 e. The first-order valence-electron chi connectivity index (χ1n) is 5.43. The SMILES string of the molecule is CCC(C)CNc1cc(NC)nc(C)n1. The van der Waals surface area contributed by atoms with Crippen molar-refractivity contribution in [2.75, 3.05) is 24.2 Å². The molecule has 2 N–H and O–H groups in total. The summed E-state index contributed by atoms with van der Waals surface area (Å²) in [5, 5.41) is 6.34. The molecule has 0 saturated carbocycles. The van der Waals surface area contributed by atoms with E-state index in [1.807, 2.05) is 20.0 Å². The number of rotatable bonds is 5. The van der Waals surface area contributed by atoms with Crippen LogP contribution in [0.2, 0.25) is 0 Å². The van der Waals surface area contributed by atoms with E-state index in [4.69, 9.17) is 0 Å². The molecule has 15 heavy (non-hydrogen) atoms. The summed E-state index contributed by atoms with van der Waals surface area (Å²) in [4.78, 5) is 8.56. The highest BCUT2D eigenvalue weighted by Gasteiger charge is 2.02. The fraction of sp³-hybridized carbons (Fsp3) is 0.636. The highest BCUT2D eigenvalue weighted by Crippen LogP contribution is 2.11. The highest BCUT2D eigenvalue weighted by atomic mass is 15.1. The van der Waals surface area contributed by atoms with Gasteiger partial charge in [0.15, 0.2) is 0 Å². The quantitative estimate of drug-likeness (QED) is 0.779. The Hall–Kier alpha value is -1.32. The van der Waals surface area contributed by atoms with Crippen molar-refractivity contribution in [2.24, 2.45) is 5.92 Å². The Morgan fingerprint density at radius 2 is 2.00 bits per heavy atom. The second-order valence-electron chi connectivity index (χ2n) is 3.83. The molecule has 0 aromatic carbocycles. The van der Waals surface area contributed by atoms with Gasteiger partial charge in [-0.1, -0.05) is 20.3 Å². The molecule has 1 atom stereocenters. The van der Waals surface area contributed by atoms with Crippen molar-refractivity contribution in [1.82, 2.24) is 9.97 Å². The zero-order chi connectivity index (χ0) is 11.3. The first kappa shape index (κ1) is 11.8. The lowest BCUT2D eigenvalue weighted by Gasteiger charge is -2.11. The molecular weight excluding hydrogens is 188 g/mol. The van der Waals surface area contributed by atoms with E-state index in [-0.39, 0.29) is 0 Å². The lowest BCUT2D eigenvalue weighted by molar-refractivity contribution is 0.592. The normalized spacial score (nSPS) is 12.3. The van der Waals surface area contributed by atoms with Gasteiger partial charge >= 0.3 is 0 Å². The van der Waals surface area contributed by atoms with Gasteiger partial charge in [0.2, 0.25) is 0 Å². The van der Waals surface area contributed by atoms with Gasteiger partial charge in [0.1, 0.15) is 17.5 Å². The van der Waals surface area contributed by atoms with Crippen molar-refractivity contribution >= 4 is 11.6 Å². The van der Waals surface area contributed by atoms with Crippen LogP contribution in [0, 0.1) is 12.8 Å². The second-order valence-corrected chi connectivity index (χ2v) is 3.83. The molecule has 4 nitrogen and oxygen atoms in total. The van der Waals surface area contributed by atoms with Crippen molar-refractivity contribution in [2.45, 2.75) is 27.2 Å². The zero-order valence-electron chi connectivity index (χ0n) is 9.96. The zero-order valence-corrected chi connectivity index (χ0v) is 9.96. The van der Waals surface area contributed by atoms with Crippen molar-refractivity contribution < 1.29 is 0 Å². The summed E-state index contributed by atoms with van der Waals surface area (Å²) in [6.07, 6.45) is 1.18. The summed E-state index contributed by atoms with van der Waals surface area (Å²) in [6, 6.07) is 1.93. The van der Waals surface area contributed by atoms with Crippen molar-refractivity contribution in [3.8, 4) is 0 Å². The predicted molar refractivity (Wildman–Crippen MR) is 64.3 cm³/mol. The minimum Gasteiger partial charge on any atom is -0.373 e. The Kier molecular flexibility index (Phi) is 4.34. The van der Waals surface area contributed by atoms with E-state index in [2.05, 4.69) is 34.4 Å². The topological polar surface area (TPSA) is 49.8 Å². The molecule has 0 aliphatic rings. The van der Waals surface area contributed by atoms with Crippen LogP contribution >= 0.6 is 0 Å². The standard InChI is InChI=1S/C11H20N4/c1-5-8(2)7-13-11-6-10(12-4)14-9(3)15-11/h6,8H,5,7H2,1-4H3,(H2,12,13,14,15). The fourth-order valence-electron chi connectivity index (χ4n) is 1.21. The van der Waals surface area contributed by atoms with E-state index >= 15 is 0 Å². The molecular formula is C11H20N4. The molecule has 0 saturated heterocycles. The van der Waals surface area contributed by atoms with Crippen LogP contribution in [0.25, 0.3) is 0 Å². The molecule has 0 fully saturated rings. The number of nitrogens with zero attached hydrogens (tertiary/aromatic N) is 2. The summed E-state index contributed by atoms with van der Waals surface area (Å²) < 4.78 is 0. The van der Waals surface area contributed by atoms with E-state index in [1.165, 1.54) is 6.42 Å². The molecule has 84 valence electrons. The van der Waals surface area contributed by atoms with E-state index in [0.29, 0.717) is 5.92 Å². The van der Waals surface area contributed by atoms with Crippen molar-refractivity contribution in [1.29, 1.82) is 0 Å². The van der Waals surface area contributed by atoms with Crippen LogP contribution in [0.3, 0.4) is 0 Å². The molecule has 4 heteroatoms. The molecule has 0 radical (unpaired) electrons. The Bertz CT molecular complexity index is 311. The van der Waals surface area contributed by atoms with Crippen LogP contribution in [-0.2, 0) is 0 Å². The summed E-state index contributed by atoms with van der Waals surface area (Å²) in [7, 11) is 1.86. The first-order chi connectivity index (χ1) is 7.15. The number of aromatic nitrogens is 2. The first-order valence-corrected chi connectivity index (χ1v) is 5.43. The third kappa shape index (κ3) is 3.73. The largest absolute Gasteiger partial charge is 0.373 e. The minimum absolute atomic E-state index is 0.665. The molecule has 0 bridgehead atoms. The third-order valence-corrected chi connectivity index (χ3v) is 2.42. The maximum Gasteiger partial charge on any atom is 0.131 e. The maximum atomic E-state index is 4.33. The molecule has 0 aliphatic heterocycles. The van der Waals surface area contributed by atoms with E-state index in [1.54, 1.807) is 0 Å². The second kappa shape index (κ2) is 5.53. The number of anilines is 2. The molecule has 0 aliphatic carbocycles. The maximum absolute atomic E-state index is 4.33. The van der Waals surface area contributed by atoms with E-state index < -0.39 is 0 Å². The molecule has 1 aromatic heterocycles. The van der Waals surface area contributed by atoms with Crippen molar-refractivity contribution in [3.63, 3.8) is 0 Å². The van der Waals surface area contributed by atoms with Crippen LogP contribution in [-0.4, -0.2) is 23.6 Å². The summed E-state index contributed by atoms with van der Waals surface area (Å²) in [5.41, 5.74) is 0. The predicted octanol–water partition coefficient (Wildman–Crippen LogP) is 2.28. The van der Waals surface area contributed by atoms with E-state index in [0.717, 1.165) is 24.0 Å². The average molecular weight is 208 g/mol. The fourth-order valence-corrected chi connectivity index (χ4v) is 1.21. The monoisotopic (exact) mass is 208 g/mol. The number of aryl methyl sites for hydroxylation is 1. The van der Waals surface area contributed by atoms with Crippen LogP contribution in [0.5, 0.6) is 0 Å². The summed E-state index contributed by atoms with van der Waals surface area (Å²) in [6.45, 7) is 7.27. The molecule has 0 amide bonds. The molecule has 1 heterocycles. The summed E-state index contributed by atoms with van der Waals surface area (Å²) in [5.74, 6) is 3.20. The van der Waals surface area contributed by atoms with Crippen molar-refractivity contribution in [3.05, 3.63) is 11.9 Å². The van der Waals surface area contributed by atoms with Crippen LogP contribution in [0.15, 0.2) is 6.07 Å². The van der Waals surface area contributed by atoms with Crippen LogP contribution in [0.1, 0.15) is 26.1 Å². The van der Waals surface area contributed by atoms with Gasteiger partial charge in [-0.2, -0.15) is 0 Å². The van der Waals surface area contributed by atoms with Crippen LogP contribution in [0.4, 0.5) is 11.6 Å². The van der Waals surface area contributed by atoms with Gasteiger partial charge < -0.3 is 10.6 Å². The number of hydrogen-bond acceptors (Lipinski definition) is 4. The van der Waals surface area contributed by atoms with E-state index in [9.17, 15) is 0 Å². The lowest BCUT2D eigenvalue weighted by atomic mass is 10.1.